The van der Waals surface area contributed by atoms with Crippen LogP contribution in [0.3, 0.4) is 0 Å². The number of benzene rings is 2. The Hall–Kier alpha value is -3.65. The molecule has 0 aliphatic carbocycles. The number of carboxylic acid groups (broad SMARTS) is 1. The number of rotatable bonds is 4. The molecule has 152 valence electrons. The summed E-state index contributed by atoms with van der Waals surface area (Å²) in [5, 5.41) is 19.7. The Labute approximate surface area is 176 Å². The van der Waals surface area contributed by atoms with Crippen molar-refractivity contribution in [1.29, 1.82) is 0 Å². The van der Waals surface area contributed by atoms with Crippen molar-refractivity contribution in [3.63, 3.8) is 0 Å². The number of aromatic carboxylic acids is 1. The minimum atomic E-state index is -1.10. The first-order chi connectivity index (χ1) is 14.3. The maximum atomic E-state index is 12.9. The molecule has 30 heavy (non-hydrogen) atoms. The van der Waals surface area contributed by atoms with Crippen LogP contribution in [0.1, 0.15) is 28.4 Å². The van der Waals surface area contributed by atoms with E-state index in [4.69, 9.17) is 16.7 Å². The van der Waals surface area contributed by atoms with Crippen LogP contribution in [0.15, 0.2) is 48.5 Å². The van der Waals surface area contributed by atoms with Crippen LogP contribution in [-0.2, 0) is 9.59 Å². The first-order valence-corrected chi connectivity index (χ1v) is 9.50. The fourth-order valence-corrected chi connectivity index (χ4v) is 3.60. The SMILES string of the molecule is Cc1c(-c2cccc(Cl)c2)nn2c1NC(=O)C[C@H]2C(=O)Nc1cccc(C(=O)O)c1. The highest BCUT2D eigenvalue weighted by atomic mass is 35.5. The van der Waals surface area contributed by atoms with Gasteiger partial charge in [-0.25, -0.2) is 9.48 Å². The molecular weight excluding hydrogens is 408 g/mol. The number of carboxylic acids is 1. The summed E-state index contributed by atoms with van der Waals surface area (Å²) < 4.78 is 1.49. The van der Waals surface area contributed by atoms with Crippen LogP contribution < -0.4 is 10.6 Å². The number of amides is 2. The van der Waals surface area contributed by atoms with Gasteiger partial charge in [0.1, 0.15) is 11.9 Å². The van der Waals surface area contributed by atoms with Gasteiger partial charge >= 0.3 is 5.97 Å². The average molecular weight is 425 g/mol. The van der Waals surface area contributed by atoms with Gasteiger partial charge in [-0.2, -0.15) is 5.10 Å². The molecule has 0 saturated heterocycles. The predicted octanol–water partition coefficient (Wildman–Crippen LogP) is 3.73. The molecular formula is C21H17ClN4O4. The Balaban J connectivity index is 1.69. The van der Waals surface area contributed by atoms with Gasteiger partial charge in [-0.05, 0) is 37.3 Å². The molecule has 0 spiro atoms. The van der Waals surface area contributed by atoms with E-state index in [1.165, 1.54) is 22.9 Å². The molecule has 1 atom stereocenters. The lowest BCUT2D eigenvalue weighted by molar-refractivity contribution is -0.125. The Morgan fingerprint density at radius 3 is 2.73 bits per heavy atom. The van der Waals surface area contributed by atoms with E-state index in [1.54, 1.807) is 24.3 Å². The highest BCUT2D eigenvalue weighted by molar-refractivity contribution is 6.30. The molecule has 1 aromatic heterocycles. The molecule has 1 aliphatic heterocycles. The van der Waals surface area contributed by atoms with Crippen molar-refractivity contribution >= 4 is 40.9 Å². The minimum absolute atomic E-state index is 0.0491. The average Bonchev–Trinajstić information content (AvgIpc) is 3.04. The summed E-state index contributed by atoms with van der Waals surface area (Å²) >= 11 is 6.09. The number of nitrogens with one attached hydrogen (secondary N) is 2. The van der Waals surface area contributed by atoms with Crippen molar-refractivity contribution in [2.45, 2.75) is 19.4 Å². The van der Waals surface area contributed by atoms with Gasteiger partial charge < -0.3 is 15.7 Å². The molecule has 0 bridgehead atoms. The summed E-state index contributed by atoms with van der Waals surface area (Å²) in [7, 11) is 0. The molecule has 2 aromatic carbocycles. The number of hydrogen-bond acceptors (Lipinski definition) is 4. The zero-order valence-electron chi connectivity index (χ0n) is 15.8. The molecule has 2 heterocycles. The van der Waals surface area contributed by atoms with E-state index in [0.717, 1.165) is 11.1 Å². The van der Waals surface area contributed by atoms with Gasteiger partial charge in [-0.15, -0.1) is 0 Å². The van der Waals surface area contributed by atoms with Crippen molar-refractivity contribution in [2.75, 3.05) is 10.6 Å². The molecule has 9 heteroatoms. The Bertz CT molecular complexity index is 1190. The van der Waals surface area contributed by atoms with E-state index in [2.05, 4.69) is 15.7 Å². The second-order valence-electron chi connectivity index (χ2n) is 6.92. The van der Waals surface area contributed by atoms with Gasteiger partial charge in [0.15, 0.2) is 0 Å². The molecule has 0 fully saturated rings. The Kier molecular flexibility index (Phi) is 5.01. The number of nitrogens with zero attached hydrogens (tertiary/aromatic N) is 2. The second-order valence-corrected chi connectivity index (χ2v) is 7.36. The van der Waals surface area contributed by atoms with E-state index in [-0.39, 0.29) is 17.9 Å². The van der Waals surface area contributed by atoms with Gasteiger partial charge in [0.25, 0.3) is 0 Å². The van der Waals surface area contributed by atoms with E-state index in [1.807, 2.05) is 13.0 Å². The third-order valence-electron chi connectivity index (χ3n) is 4.86. The van der Waals surface area contributed by atoms with E-state index >= 15 is 0 Å². The standard InChI is InChI=1S/C21H17ClN4O4/c1-11-18(12-4-2-6-14(22)8-12)25-26-16(10-17(27)24-19(11)26)20(28)23-15-7-3-5-13(9-15)21(29)30/h2-9,16H,10H2,1H3,(H,23,28)(H,24,27)(H,29,30)/t16-/m0/s1. The van der Waals surface area contributed by atoms with Gasteiger partial charge in [-0.1, -0.05) is 29.8 Å². The second kappa shape index (κ2) is 7.64. The predicted molar refractivity (Wildman–Crippen MR) is 112 cm³/mol. The van der Waals surface area contributed by atoms with Gasteiger partial charge in [0.05, 0.1) is 17.7 Å². The molecule has 3 aromatic rings. The fraction of sp³-hybridized carbons (Fsp3) is 0.143. The van der Waals surface area contributed by atoms with Crippen LogP contribution in [0.25, 0.3) is 11.3 Å². The number of carbonyl (C=O) groups is 3. The molecule has 1 aliphatic rings. The van der Waals surface area contributed by atoms with Gasteiger partial charge in [-0.3, -0.25) is 9.59 Å². The smallest absolute Gasteiger partial charge is 0.335 e. The summed E-state index contributed by atoms with van der Waals surface area (Å²) in [6.07, 6.45) is -0.0897. The lowest BCUT2D eigenvalue weighted by Gasteiger charge is -2.24. The largest absolute Gasteiger partial charge is 0.478 e. The van der Waals surface area contributed by atoms with Gasteiger partial charge in [0, 0.05) is 21.8 Å². The number of anilines is 2. The van der Waals surface area contributed by atoms with Crippen LogP contribution in [0.2, 0.25) is 5.02 Å². The number of halogens is 1. The van der Waals surface area contributed by atoms with Crippen LogP contribution in [0, 0.1) is 6.92 Å². The lowest BCUT2D eigenvalue weighted by atomic mass is 10.1. The van der Waals surface area contributed by atoms with Gasteiger partial charge in [0.2, 0.25) is 11.8 Å². The molecule has 4 rings (SSSR count). The van der Waals surface area contributed by atoms with Crippen molar-refractivity contribution < 1.29 is 19.5 Å². The lowest BCUT2D eigenvalue weighted by Crippen LogP contribution is -2.36. The molecule has 8 nitrogen and oxygen atoms in total. The number of fused-ring (bicyclic) bond motifs is 1. The minimum Gasteiger partial charge on any atom is -0.478 e. The Morgan fingerprint density at radius 2 is 2.00 bits per heavy atom. The Morgan fingerprint density at radius 1 is 1.23 bits per heavy atom. The molecule has 0 unspecified atom stereocenters. The quantitative estimate of drug-likeness (QED) is 0.590. The van der Waals surface area contributed by atoms with Crippen LogP contribution in [-0.4, -0.2) is 32.7 Å². The third kappa shape index (κ3) is 3.65. The normalized spacial score (nSPS) is 15.3. The summed E-state index contributed by atoms with van der Waals surface area (Å²) in [4.78, 5) is 36.4. The van der Waals surface area contributed by atoms with Crippen LogP contribution >= 0.6 is 11.6 Å². The molecule has 2 amide bonds. The summed E-state index contributed by atoms with van der Waals surface area (Å²) in [6.45, 7) is 1.81. The number of carbonyl (C=O) groups excluding carboxylic acids is 2. The molecule has 3 N–H and O–H groups in total. The summed E-state index contributed by atoms with van der Waals surface area (Å²) in [5.74, 6) is -1.42. The van der Waals surface area contributed by atoms with Crippen molar-refractivity contribution in [2.24, 2.45) is 0 Å². The third-order valence-corrected chi connectivity index (χ3v) is 5.09. The van der Waals surface area contributed by atoms with Crippen LogP contribution in [0.4, 0.5) is 11.5 Å². The van der Waals surface area contributed by atoms with Crippen LogP contribution in [0.5, 0.6) is 0 Å². The van der Waals surface area contributed by atoms with Crippen molar-refractivity contribution in [1.82, 2.24) is 9.78 Å². The van der Waals surface area contributed by atoms with E-state index in [0.29, 0.717) is 22.2 Å². The highest BCUT2D eigenvalue weighted by Gasteiger charge is 2.34. The fourth-order valence-electron chi connectivity index (χ4n) is 3.41. The first-order valence-electron chi connectivity index (χ1n) is 9.12. The molecule has 0 radical (unpaired) electrons. The van der Waals surface area contributed by atoms with E-state index < -0.39 is 17.9 Å². The highest BCUT2D eigenvalue weighted by Crippen LogP contribution is 2.35. The number of hydrogen-bond donors (Lipinski definition) is 3. The van der Waals surface area contributed by atoms with Crippen molar-refractivity contribution in [3.05, 3.63) is 64.7 Å². The first kappa shape index (κ1) is 19.7. The zero-order valence-corrected chi connectivity index (χ0v) is 16.6. The molecule has 0 saturated carbocycles. The van der Waals surface area contributed by atoms with E-state index in [9.17, 15) is 14.4 Å². The monoisotopic (exact) mass is 424 g/mol. The summed E-state index contributed by atoms with van der Waals surface area (Å²) in [6, 6.07) is 12.2. The number of aromatic nitrogens is 2. The maximum absolute atomic E-state index is 12.9. The summed E-state index contributed by atoms with van der Waals surface area (Å²) in [5.41, 5.74) is 2.47. The zero-order chi connectivity index (χ0) is 21.4. The topological polar surface area (TPSA) is 113 Å². The maximum Gasteiger partial charge on any atom is 0.335 e. The van der Waals surface area contributed by atoms with Crippen molar-refractivity contribution in [3.8, 4) is 11.3 Å².